The quantitative estimate of drug-likeness (QED) is 0.506. The van der Waals surface area contributed by atoms with Crippen molar-refractivity contribution < 1.29 is 28.2 Å². The maximum Gasteiger partial charge on any atom is 0.339 e. The van der Waals surface area contributed by atoms with Crippen LogP contribution in [0.15, 0.2) is 71.6 Å². The molecular weight excluding hydrogens is 394 g/mol. The lowest BCUT2D eigenvalue weighted by atomic mass is 10.0. The predicted molar refractivity (Wildman–Crippen MR) is 109 cm³/mol. The van der Waals surface area contributed by atoms with Gasteiger partial charge in [0.15, 0.2) is 5.75 Å². The molecule has 0 aliphatic carbocycles. The van der Waals surface area contributed by atoms with Crippen LogP contribution in [-0.4, -0.2) is 31.2 Å². The van der Waals surface area contributed by atoms with Gasteiger partial charge in [0.1, 0.15) is 16.2 Å². The normalized spacial score (nSPS) is 11.1. The maximum atomic E-state index is 13.1. The molecule has 3 rings (SSSR count). The van der Waals surface area contributed by atoms with Gasteiger partial charge in [0.05, 0.1) is 12.3 Å². The summed E-state index contributed by atoms with van der Waals surface area (Å²) in [4.78, 5) is 11.1. The fourth-order valence-electron chi connectivity index (χ4n) is 2.86. The van der Waals surface area contributed by atoms with Crippen molar-refractivity contribution in [3.8, 4) is 22.6 Å². The molecule has 150 valence electrons. The van der Waals surface area contributed by atoms with Gasteiger partial charge >= 0.3 is 5.97 Å². The highest BCUT2D eigenvalue weighted by Gasteiger charge is 2.25. The maximum absolute atomic E-state index is 13.1. The van der Waals surface area contributed by atoms with Crippen molar-refractivity contribution in [3.63, 3.8) is 0 Å². The Balaban J connectivity index is 2.10. The minimum absolute atomic E-state index is 0.124. The second-order valence-electron chi connectivity index (χ2n) is 6.04. The van der Waals surface area contributed by atoms with Crippen molar-refractivity contribution in [2.45, 2.75) is 11.8 Å². The van der Waals surface area contributed by atoms with Gasteiger partial charge in [-0.2, -0.15) is 0 Å². The molecule has 0 spiro atoms. The van der Waals surface area contributed by atoms with Gasteiger partial charge in [-0.15, -0.1) is 0 Å². The van der Waals surface area contributed by atoms with E-state index in [9.17, 15) is 18.3 Å². The third-order valence-electron chi connectivity index (χ3n) is 4.15. The van der Waals surface area contributed by atoms with E-state index in [1.54, 1.807) is 19.1 Å². The minimum Gasteiger partial charge on any atom is -0.505 e. The number of benzene rings is 3. The van der Waals surface area contributed by atoms with Crippen molar-refractivity contribution in [1.82, 2.24) is 0 Å². The molecule has 0 unspecified atom stereocenters. The summed E-state index contributed by atoms with van der Waals surface area (Å²) in [5.74, 6) is -1.87. The van der Waals surface area contributed by atoms with Crippen LogP contribution < -0.4 is 9.46 Å². The molecule has 0 aliphatic heterocycles. The Hall–Kier alpha value is -3.52. The van der Waals surface area contributed by atoms with Crippen LogP contribution in [-0.2, 0) is 10.0 Å². The molecule has 0 saturated carbocycles. The van der Waals surface area contributed by atoms with Gasteiger partial charge in [-0.05, 0) is 30.7 Å². The number of anilines is 1. The lowest BCUT2D eigenvalue weighted by Gasteiger charge is -2.17. The number of rotatable bonds is 7. The van der Waals surface area contributed by atoms with E-state index in [0.29, 0.717) is 5.56 Å². The molecule has 0 radical (unpaired) electrons. The van der Waals surface area contributed by atoms with Crippen LogP contribution in [0, 0.1) is 0 Å². The second-order valence-corrected chi connectivity index (χ2v) is 7.70. The molecule has 0 saturated heterocycles. The Bertz CT molecular complexity index is 1140. The second kappa shape index (κ2) is 8.24. The highest BCUT2D eigenvalue weighted by atomic mass is 32.2. The van der Waals surface area contributed by atoms with Crippen LogP contribution >= 0.6 is 0 Å². The molecule has 0 amide bonds. The Morgan fingerprint density at radius 3 is 2.34 bits per heavy atom. The number of carboxylic acid groups (broad SMARTS) is 1. The summed E-state index contributed by atoms with van der Waals surface area (Å²) < 4.78 is 34.0. The minimum atomic E-state index is -4.19. The number of hydrogen-bond acceptors (Lipinski definition) is 5. The van der Waals surface area contributed by atoms with E-state index in [1.807, 2.05) is 30.3 Å². The Morgan fingerprint density at radius 2 is 1.69 bits per heavy atom. The summed E-state index contributed by atoms with van der Waals surface area (Å²) >= 11 is 0. The molecule has 0 fully saturated rings. The van der Waals surface area contributed by atoms with E-state index in [1.165, 1.54) is 24.3 Å². The van der Waals surface area contributed by atoms with Crippen LogP contribution in [0.4, 0.5) is 5.69 Å². The Kier molecular flexibility index (Phi) is 5.74. The van der Waals surface area contributed by atoms with Crippen LogP contribution in [0.25, 0.3) is 11.1 Å². The third kappa shape index (κ3) is 4.17. The van der Waals surface area contributed by atoms with Gasteiger partial charge in [0, 0.05) is 5.56 Å². The van der Waals surface area contributed by atoms with Crippen molar-refractivity contribution in [2.24, 2.45) is 0 Å². The number of para-hydroxylation sites is 2. The third-order valence-corrected chi connectivity index (χ3v) is 5.54. The zero-order chi connectivity index (χ0) is 21.0. The number of phenols is 1. The summed E-state index contributed by atoms with van der Waals surface area (Å²) in [5.41, 5.74) is 0.730. The zero-order valence-corrected chi connectivity index (χ0v) is 16.3. The number of aromatic hydroxyl groups is 1. The first-order valence-electron chi connectivity index (χ1n) is 8.74. The zero-order valence-electron chi connectivity index (χ0n) is 15.5. The summed E-state index contributed by atoms with van der Waals surface area (Å²) in [6, 6.07) is 17.7. The molecule has 8 heteroatoms. The smallest absolute Gasteiger partial charge is 0.339 e. The summed E-state index contributed by atoms with van der Waals surface area (Å²) in [5, 5.41) is 19.3. The topological polar surface area (TPSA) is 113 Å². The molecule has 0 heterocycles. The van der Waals surface area contributed by atoms with Gasteiger partial charge < -0.3 is 14.9 Å². The van der Waals surface area contributed by atoms with Crippen LogP contribution in [0.1, 0.15) is 17.3 Å². The largest absolute Gasteiger partial charge is 0.505 e. The van der Waals surface area contributed by atoms with Crippen molar-refractivity contribution >= 4 is 21.7 Å². The number of ether oxygens (including phenoxy) is 1. The van der Waals surface area contributed by atoms with E-state index in [2.05, 4.69) is 4.72 Å². The lowest BCUT2D eigenvalue weighted by molar-refractivity contribution is 0.0694. The molecule has 0 aromatic heterocycles. The number of carboxylic acids is 1. The average molecular weight is 413 g/mol. The number of sulfonamides is 1. The van der Waals surface area contributed by atoms with Gasteiger partial charge in [-0.3, -0.25) is 4.72 Å². The molecule has 0 bridgehead atoms. The Morgan fingerprint density at radius 1 is 1.00 bits per heavy atom. The molecule has 7 nitrogen and oxygen atoms in total. The number of carbonyl (C=O) groups is 1. The van der Waals surface area contributed by atoms with Gasteiger partial charge in [0.25, 0.3) is 10.0 Å². The van der Waals surface area contributed by atoms with Gasteiger partial charge in [-0.1, -0.05) is 48.5 Å². The predicted octanol–water partition coefficient (Wildman–Crippen LogP) is 3.96. The fourth-order valence-corrected chi connectivity index (χ4v) is 4.10. The summed E-state index contributed by atoms with van der Waals surface area (Å²) in [6.07, 6.45) is 0. The number of hydrogen-bond donors (Lipinski definition) is 3. The standard InChI is InChI=1S/C21H19NO6S/c1-2-28-20-15(14-8-4-3-5-9-14)10-7-13-18(20)29(26,27)22-17-12-6-11-16(19(17)23)21(24)25/h3-13,22-23H,2H2,1H3,(H,24,25). The first-order valence-corrected chi connectivity index (χ1v) is 10.2. The number of nitrogens with one attached hydrogen (secondary N) is 1. The van der Waals surface area contributed by atoms with Crippen LogP contribution in [0.3, 0.4) is 0 Å². The van der Waals surface area contributed by atoms with E-state index in [-0.39, 0.29) is 22.9 Å². The van der Waals surface area contributed by atoms with Crippen LogP contribution in [0.2, 0.25) is 0 Å². The Labute approximate surface area is 168 Å². The van der Waals surface area contributed by atoms with Crippen molar-refractivity contribution in [3.05, 3.63) is 72.3 Å². The van der Waals surface area contributed by atoms with Crippen molar-refractivity contribution in [1.29, 1.82) is 0 Å². The average Bonchev–Trinajstić information content (AvgIpc) is 2.70. The fraction of sp³-hybridized carbons (Fsp3) is 0.0952. The first kappa shape index (κ1) is 20.2. The molecular formula is C21H19NO6S. The first-order chi connectivity index (χ1) is 13.8. The molecule has 3 N–H and O–H groups in total. The summed E-state index contributed by atoms with van der Waals surface area (Å²) in [6.45, 7) is 1.99. The highest BCUT2D eigenvalue weighted by molar-refractivity contribution is 7.92. The van der Waals surface area contributed by atoms with Crippen molar-refractivity contribution in [2.75, 3.05) is 11.3 Å². The molecule has 0 aliphatic rings. The molecule has 3 aromatic rings. The van der Waals surface area contributed by atoms with Crippen LogP contribution in [0.5, 0.6) is 11.5 Å². The highest BCUT2D eigenvalue weighted by Crippen LogP contribution is 2.37. The monoisotopic (exact) mass is 413 g/mol. The van der Waals surface area contributed by atoms with E-state index < -0.39 is 27.3 Å². The molecule has 0 atom stereocenters. The SMILES string of the molecule is CCOc1c(-c2ccccc2)cccc1S(=O)(=O)Nc1cccc(C(=O)O)c1O. The van der Waals surface area contributed by atoms with Gasteiger partial charge in [-0.25, -0.2) is 13.2 Å². The van der Waals surface area contributed by atoms with E-state index in [0.717, 1.165) is 5.56 Å². The molecule has 29 heavy (non-hydrogen) atoms. The summed E-state index contributed by atoms with van der Waals surface area (Å²) in [7, 11) is -4.19. The molecule has 3 aromatic carbocycles. The lowest BCUT2D eigenvalue weighted by Crippen LogP contribution is -2.15. The van der Waals surface area contributed by atoms with Gasteiger partial charge in [0.2, 0.25) is 0 Å². The number of aromatic carboxylic acids is 1. The van der Waals surface area contributed by atoms with E-state index >= 15 is 0 Å². The van der Waals surface area contributed by atoms with E-state index in [4.69, 9.17) is 9.84 Å².